The number of rotatable bonds is 5. The molecular formula is C14H20N2O3S. The molecule has 0 unspecified atom stereocenters. The third-order valence-electron chi connectivity index (χ3n) is 3.52. The van der Waals surface area contributed by atoms with Gasteiger partial charge in [0.15, 0.2) is 0 Å². The molecule has 0 saturated heterocycles. The molecular weight excluding hydrogens is 276 g/mol. The Morgan fingerprint density at radius 2 is 2.05 bits per heavy atom. The van der Waals surface area contributed by atoms with Gasteiger partial charge in [0.05, 0.1) is 10.5 Å². The summed E-state index contributed by atoms with van der Waals surface area (Å²) in [5, 5.41) is 5.20. The minimum atomic E-state index is -3.90. The van der Waals surface area contributed by atoms with Crippen molar-refractivity contribution < 1.29 is 13.2 Å². The summed E-state index contributed by atoms with van der Waals surface area (Å²) in [7, 11) is -3.90. The van der Waals surface area contributed by atoms with Gasteiger partial charge in [0.25, 0.3) is 5.91 Å². The fraction of sp³-hybridized carbons (Fsp3) is 0.500. The first kappa shape index (κ1) is 15.0. The van der Waals surface area contributed by atoms with Crippen LogP contribution >= 0.6 is 0 Å². The van der Waals surface area contributed by atoms with Gasteiger partial charge in [-0.05, 0) is 44.7 Å². The van der Waals surface area contributed by atoms with E-state index in [1.165, 1.54) is 6.07 Å². The van der Waals surface area contributed by atoms with E-state index >= 15 is 0 Å². The molecule has 1 amide bonds. The second-order valence-corrected chi connectivity index (χ2v) is 6.86. The van der Waals surface area contributed by atoms with E-state index in [0.29, 0.717) is 19.0 Å². The van der Waals surface area contributed by atoms with Crippen molar-refractivity contribution in [2.45, 2.75) is 31.6 Å². The highest BCUT2D eigenvalue weighted by Crippen LogP contribution is 2.30. The van der Waals surface area contributed by atoms with Gasteiger partial charge >= 0.3 is 0 Å². The minimum Gasteiger partial charge on any atom is -0.339 e. The number of aryl methyl sites for hydroxylation is 1. The number of carbonyl (C=O) groups excluding carboxylic acids is 1. The van der Waals surface area contributed by atoms with Gasteiger partial charge in [-0.2, -0.15) is 0 Å². The van der Waals surface area contributed by atoms with E-state index in [2.05, 4.69) is 0 Å². The van der Waals surface area contributed by atoms with E-state index in [9.17, 15) is 13.2 Å². The Kier molecular flexibility index (Phi) is 4.15. The zero-order valence-electron chi connectivity index (χ0n) is 11.8. The van der Waals surface area contributed by atoms with Crippen LogP contribution in [0, 0.1) is 12.8 Å². The molecule has 1 aromatic rings. The third kappa shape index (κ3) is 3.37. The molecule has 2 N–H and O–H groups in total. The van der Waals surface area contributed by atoms with E-state index in [-0.39, 0.29) is 16.4 Å². The van der Waals surface area contributed by atoms with Crippen LogP contribution in [0.2, 0.25) is 0 Å². The lowest BCUT2D eigenvalue weighted by molar-refractivity contribution is 0.0753. The Bertz CT molecular complexity index is 621. The van der Waals surface area contributed by atoms with Crippen molar-refractivity contribution in [3.8, 4) is 0 Å². The molecule has 0 aliphatic heterocycles. The molecule has 20 heavy (non-hydrogen) atoms. The molecule has 110 valence electrons. The van der Waals surface area contributed by atoms with Gasteiger partial charge in [0.1, 0.15) is 0 Å². The van der Waals surface area contributed by atoms with Crippen molar-refractivity contribution in [2.24, 2.45) is 11.1 Å². The molecule has 1 fully saturated rings. The molecule has 0 bridgehead atoms. The van der Waals surface area contributed by atoms with Crippen LogP contribution in [0.4, 0.5) is 0 Å². The summed E-state index contributed by atoms with van der Waals surface area (Å²) in [6.45, 7) is 4.97. The Hall–Kier alpha value is -1.40. The van der Waals surface area contributed by atoms with Gasteiger partial charge < -0.3 is 4.90 Å². The number of hydrogen-bond donors (Lipinski definition) is 1. The van der Waals surface area contributed by atoms with Crippen molar-refractivity contribution in [3.05, 3.63) is 29.3 Å². The normalized spacial score (nSPS) is 15.2. The average molecular weight is 296 g/mol. The average Bonchev–Trinajstić information content (AvgIpc) is 3.17. The Morgan fingerprint density at radius 3 is 2.55 bits per heavy atom. The maximum absolute atomic E-state index is 12.6. The molecule has 1 aliphatic rings. The lowest BCUT2D eigenvalue weighted by Crippen LogP contribution is -2.34. The molecule has 1 aliphatic carbocycles. The molecule has 1 aromatic carbocycles. The van der Waals surface area contributed by atoms with Gasteiger partial charge in [0, 0.05) is 13.1 Å². The maximum Gasteiger partial charge on any atom is 0.255 e. The highest BCUT2D eigenvalue weighted by Gasteiger charge is 2.28. The van der Waals surface area contributed by atoms with Crippen molar-refractivity contribution in [1.82, 2.24) is 4.90 Å². The molecule has 0 atom stereocenters. The second kappa shape index (κ2) is 5.54. The topological polar surface area (TPSA) is 80.5 Å². The van der Waals surface area contributed by atoms with E-state index in [1.807, 2.05) is 13.8 Å². The third-order valence-corrected chi connectivity index (χ3v) is 4.49. The van der Waals surface area contributed by atoms with Crippen LogP contribution < -0.4 is 5.14 Å². The fourth-order valence-corrected chi connectivity index (χ4v) is 2.91. The summed E-state index contributed by atoms with van der Waals surface area (Å²) in [5.74, 6) is 0.300. The first-order valence-electron chi connectivity index (χ1n) is 6.75. The lowest BCUT2D eigenvalue weighted by Gasteiger charge is -2.22. The molecule has 0 heterocycles. The summed E-state index contributed by atoms with van der Waals surface area (Å²) >= 11 is 0. The maximum atomic E-state index is 12.6. The molecule has 0 spiro atoms. The van der Waals surface area contributed by atoms with E-state index in [1.54, 1.807) is 17.0 Å². The summed E-state index contributed by atoms with van der Waals surface area (Å²) in [4.78, 5) is 14.2. The van der Waals surface area contributed by atoms with Gasteiger partial charge in [-0.15, -0.1) is 0 Å². The standard InChI is InChI=1S/C14H20N2O3S/c1-3-16(9-11-5-6-11)14(17)12-8-10(2)4-7-13(12)20(15,18)19/h4,7-8,11H,3,5-6,9H2,1-2H3,(H2,15,18,19). The van der Waals surface area contributed by atoms with Crippen LogP contribution in [-0.2, 0) is 10.0 Å². The van der Waals surface area contributed by atoms with E-state index in [4.69, 9.17) is 5.14 Å². The van der Waals surface area contributed by atoms with E-state index < -0.39 is 10.0 Å². The monoisotopic (exact) mass is 296 g/mol. The second-order valence-electron chi connectivity index (χ2n) is 5.33. The van der Waals surface area contributed by atoms with Gasteiger partial charge in [-0.3, -0.25) is 4.79 Å². The number of benzene rings is 1. The van der Waals surface area contributed by atoms with Crippen LogP contribution in [0.15, 0.2) is 23.1 Å². The van der Waals surface area contributed by atoms with Crippen LogP contribution in [-0.4, -0.2) is 32.3 Å². The molecule has 1 saturated carbocycles. The molecule has 2 rings (SSSR count). The zero-order valence-corrected chi connectivity index (χ0v) is 12.6. The number of amides is 1. The number of primary sulfonamides is 1. The highest BCUT2D eigenvalue weighted by atomic mass is 32.2. The van der Waals surface area contributed by atoms with Crippen molar-refractivity contribution in [1.29, 1.82) is 0 Å². The quantitative estimate of drug-likeness (QED) is 0.894. The SMILES string of the molecule is CCN(CC1CC1)C(=O)c1cc(C)ccc1S(N)(=O)=O. The highest BCUT2D eigenvalue weighted by molar-refractivity contribution is 7.89. The van der Waals surface area contributed by atoms with Gasteiger partial charge in [0.2, 0.25) is 10.0 Å². The molecule has 5 nitrogen and oxygen atoms in total. The smallest absolute Gasteiger partial charge is 0.255 e. The lowest BCUT2D eigenvalue weighted by atomic mass is 10.1. The fourth-order valence-electron chi connectivity index (χ4n) is 2.20. The first-order chi connectivity index (χ1) is 9.32. The van der Waals surface area contributed by atoms with Crippen molar-refractivity contribution in [2.75, 3.05) is 13.1 Å². The molecule has 6 heteroatoms. The minimum absolute atomic E-state index is 0.0950. The first-order valence-corrected chi connectivity index (χ1v) is 8.30. The Morgan fingerprint density at radius 1 is 1.40 bits per heavy atom. The molecule has 0 radical (unpaired) electrons. The van der Waals surface area contributed by atoms with Crippen LogP contribution in [0.5, 0.6) is 0 Å². The Balaban J connectivity index is 2.38. The number of nitrogens with zero attached hydrogens (tertiary/aromatic N) is 1. The summed E-state index contributed by atoms with van der Waals surface area (Å²) in [5.41, 5.74) is 1.01. The number of carbonyl (C=O) groups is 1. The van der Waals surface area contributed by atoms with Gasteiger partial charge in [-0.1, -0.05) is 11.6 Å². The van der Waals surface area contributed by atoms with Crippen molar-refractivity contribution in [3.63, 3.8) is 0 Å². The number of hydrogen-bond acceptors (Lipinski definition) is 3. The van der Waals surface area contributed by atoms with Crippen LogP contribution in [0.25, 0.3) is 0 Å². The van der Waals surface area contributed by atoms with Gasteiger partial charge in [-0.25, -0.2) is 13.6 Å². The largest absolute Gasteiger partial charge is 0.339 e. The Labute approximate surface area is 119 Å². The van der Waals surface area contributed by atoms with Crippen LogP contribution in [0.3, 0.4) is 0 Å². The van der Waals surface area contributed by atoms with Crippen LogP contribution in [0.1, 0.15) is 35.7 Å². The predicted molar refractivity (Wildman–Crippen MR) is 76.9 cm³/mol. The summed E-state index contributed by atoms with van der Waals surface area (Å²) < 4.78 is 23.2. The zero-order chi connectivity index (χ0) is 14.9. The number of nitrogens with two attached hydrogens (primary N) is 1. The number of sulfonamides is 1. The summed E-state index contributed by atoms with van der Waals surface area (Å²) in [6, 6.07) is 4.65. The predicted octanol–water partition coefficient (Wildman–Crippen LogP) is 1.51. The van der Waals surface area contributed by atoms with E-state index in [0.717, 1.165) is 18.4 Å². The summed E-state index contributed by atoms with van der Waals surface area (Å²) in [6.07, 6.45) is 2.28. The van der Waals surface area contributed by atoms with Crippen molar-refractivity contribution >= 4 is 15.9 Å². The molecule has 0 aromatic heterocycles.